The average Bonchev–Trinajstić information content (AvgIpc) is 2.48. The van der Waals surface area contributed by atoms with Crippen molar-refractivity contribution in [3.63, 3.8) is 0 Å². The predicted molar refractivity (Wildman–Crippen MR) is 85.6 cm³/mol. The highest BCUT2D eigenvalue weighted by atomic mass is 32.1. The summed E-state index contributed by atoms with van der Waals surface area (Å²) >= 11 is 5.12. The SMILES string of the molecule is CCC1CCN(C(=O)C(C(N)=S)c2ccccc2)CC1. The molecule has 1 aromatic carbocycles. The van der Waals surface area contributed by atoms with Crippen LogP contribution in [-0.4, -0.2) is 28.9 Å². The summed E-state index contributed by atoms with van der Waals surface area (Å²) in [4.78, 5) is 14.9. The van der Waals surface area contributed by atoms with Gasteiger partial charge in [0.15, 0.2) is 0 Å². The van der Waals surface area contributed by atoms with Crippen LogP contribution in [0.3, 0.4) is 0 Å². The number of hydrogen-bond donors (Lipinski definition) is 1. The Morgan fingerprint density at radius 1 is 1.35 bits per heavy atom. The Kier molecular flexibility index (Phi) is 5.12. The molecule has 0 radical (unpaired) electrons. The molecule has 0 saturated carbocycles. The normalized spacial score (nSPS) is 17.8. The van der Waals surface area contributed by atoms with Gasteiger partial charge in [0.25, 0.3) is 0 Å². The van der Waals surface area contributed by atoms with E-state index in [1.807, 2.05) is 35.2 Å². The maximum Gasteiger partial charge on any atom is 0.236 e. The molecule has 1 amide bonds. The Labute approximate surface area is 126 Å². The number of thiocarbonyl (C=S) groups is 1. The van der Waals surface area contributed by atoms with Crippen molar-refractivity contribution in [2.24, 2.45) is 11.7 Å². The first-order valence-electron chi connectivity index (χ1n) is 7.26. The van der Waals surface area contributed by atoms with Crippen LogP contribution in [0.2, 0.25) is 0 Å². The van der Waals surface area contributed by atoms with Crippen LogP contribution in [-0.2, 0) is 4.79 Å². The number of piperidine rings is 1. The van der Waals surface area contributed by atoms with E-state index in [4.69, 9.17) is 18.0 Å². The van der Waals surface area contributed by atoms with E-state index >= 15 is 0 Å². The second-order valence-electron chi connectivity index (χ2n) is 5.42. The lowest BCUT2D eigenvalue weighted by Gasteiger charge is -2.33. The first-order valence-corrected chi connectivity index (χ1v) is 7.67. The van der Waals surface area contributed by atoms with Gasteiger partial charge < -0.3 is 10.6 Å². The van der Waals surface area contributed by atoms with Crippen molar-refractivity contribution < 1.29 is 4.79 Å². The van der Waals surface area contributed by atoms with Crippen molar-refractivity contribution in [3.05, 3.63) is 35.9 Å². The zero-order valence-corrected chi connectivity index (χ0v) is 12.7. The van der Waals surface area contributed by atoms with E-state index in [1.54, 1.807) is 0 Å². The van der Waals surface area contributed by atoms with E-state index in [-0.39, 0.29) is 10.9 Å². The zero-order chi connectivity index (χ0) is 14.5. The summed E-state index contributed by atoms with van der Waals surface area (Å²) in [5, 5.41) is 0. The van der Waals surface area contributed by atoms with Crippen molar-refractivity contribution in [1.29, 1.82) is 0 Å². The Morgan fingerprint density at radius 2 is 1.95 bits per heavy atom. The number of nitrogens with zero attached hydrogens (tertiary/aromatic N) is 1. The maximum absolute atomic E-state index is 12.7. The topological polar surface area (TPSA) is 46.3 Å². The van der Waals surface area contributed by atoms with Gasteiger partial charge in [-0.3, -0.25) is 4.79 Å². The van der Waals surface area contributed by atoms with E-state index in [0.29, 0.717) is 0 Å². The second-order valence-corrected chi connectivity index (χ2v) is 5.89. The number of carbonyl (C=O) groups is 1. The molecular formula is C16H22N2OS. The highest BCUT2D eigenvalue weighted by Gasteiger charge is 2.30. The largest absolute Gasteiger partial charge is 0.392 e. The number of nitrogens with two attached hydrogens (primary N) is 1. The fraction of sp³-hybridized carbons (Fsp3) is 0.500. The fourth-order valence-corrected chi connectivity index (χ4v) is 3.06. The van der Waals surface area contributed by atoms with Crippen LogP contribution in [0.15, 0.2) is 30.3 Å². The number of rotatable bonds is 4. The van der Waals surface area contributed by atoms with Crippen molar-refractivity contribution in [2.45, 2.75) is 32.1 Å². The van der Waals surface area contributed by atoms with Gasteiger partial charge in [-0.15, -0.1) is 0 Å². The van der Waals surface area contributed by atoms with Gasteiger partial charge in [0.2, 0.25) is 5.91 Å². The van der Waals surface area contributed by atoms with Gasteiger partial charge >= 0.3 is 0 Å². The maximum atomic E-state index is 12.7. The molecule has 1 unspecified atom stereocenters. The van der Waals surface area contributed by atoms with Crippen LogP contribution in [0, 0.1) is 5.92 Å². The lowest BCUT2D eigenvalue weighted by molar-refractivity contribution is -0.132. The third-order valence-electron chi connectivity index (χ3n) is 4.17. The molecule has 0 aromatic heterocycles. The molecule has 3 nitrogen and oxygen atoms in total. The van der Waals surface area contributed by atoms with Crippen molar-refractivity contribution in [3.8, 4) is 0 Å². The Bertz CT molecular complexity index is 467. The third kappa shape index (κ3) is 3.37. The molecule has 0 aliphatic carbocycles. The molecule has 1 heterocycles. The summed E-state index contributed by atoms with van der Waals surface area (Å²) in [6, 6.07) is 9.59. The summed E-state index contributed by atoms with van der Waals surface area (Å²) in [5.41, 5.74) is 6.71. The summed E-state index contributed by atoms with van der Waals surface area (Å²) in [7, 11) is 0. The number of amides is 1. The zero-order valence-electron chi connectivity index (χ0n) is 11.9. The van der Waals surface area contributed by atoms with Crippen molar-refractivity contribution in [1.82, 2.24) is 4.90 Å². The second kappa shape index (κ2) is 6.84. The summed E-state index contributed by atoms with van der Waals surface area (Å²) in [5.74, 6) is 0.321. The minimum Gasteiger partial charge on any atom is -0.392 e. The van der Waals surface area contributed by atoms with E-state index in [9.17, 15) is 4.79 Å². The fourth-order valence-electron chi connectivity index (χ4n) is 2.82. The summed E-state index contributed by atoms with van der Waals surface area (Å²) < 4.78 is 0. The molecule has 2 N–H and O–H groups in total. The van der Waals surface area contributed by atoms with Gasteiger partial charge in [-0.2, -0.15) is 0 Å². The van der Waals surface area contributed by atoms with Gasteiger partial charge in [0.1, 0.15) is 5.92 Å². The molecule has 108 valence electrons. The number of benzene rings is 1. The van der Waals surface area contributed by atoms with Crippen LogP contribution in [0.25, 0.3) is 0 Å². The van der Waals surface area contributed by atoms with Gasteiger partial charge in [0.05, 0.1) is 4.99 Å². The Hall–Kier alpha value is -1.42. The van der Waals surface area contributed by atoms with E-state index in [2.05, 4.69) is 6.92 Å². The van der Waals surface area contributed by atoms with Crippen LogP contribution >= 0.6 is 12.2 Å². The first-order chi connectivity index (χ1) is 9.63. The van der Waals surface area contributed by atoms with Crippen LogP contribution in [0.5, 0.6) is 0 Å². The van der Waals surface area contributed by atoms with E-state index in [0.717, 1.165) is 37.4 Å². The summed E-state index contributed by atoms with van der Waals surface area (Å²) in [6.07, 6.45) is 3.36. The molecule has 1 aliphatic heterocycles. The van der Waals surface area contributed by atoms with Gasteiger partial charge in [-0.05, 0) is 24.3 Å². The quantitative estimate of drug-likeness (QED) is 0.867. The van der Waals surface area contributed by atoms with E-state index < -0.39 is 5.92 Å². The van der Waals surface area contributed by atoms with Crippen LogP contribution in [0.4, 0.5) is 0 Å². The highest BCUT2D eigenvalue weighted by Crippen LogP contribution is 2.25. The molecule has 1 saturated heterocycles. The minimum atomic E-state index is -0.482. The lowest BCUT2D eigenvalue weighted by Crippen LogP contribution is -2.44. The van der Waals surface area contributed by atoms with Crippen LogP contribution in [0.1, 0.15) is 37.7 Å². The minimum absolute atomic E-state index is 0.0539. The molecule has 1 atom stereocenters. The molecule has 4 heteroatoms. The number of likely N-dealkylation sites (tertiary alicyclic amines) is 1. The monoisotopic (exact) mass is 290 g/mol. The van der Waals surface area contributed by atoms with Gasteiger partial charge in [-0.1, -0.05) is 55.9 Å². The van der Waals surface area contributed by atoms with Crippen molar-refractivity contribution in [2.75, 3.05) is 13.1 Å². The van der Waals surface area contributed by atoms with Gasteiger partial charge in [0, 0.05) is 13.1 Å². The third-order valence-corrected chi connectivity index (χ3v) is 4.40. The predicted octanol–water partition coefficient (Wildman–Crippen LogP) is 2.70. The average molecular weight is 290 g/mol. The van der Waals surface area contributed by atoms with Gasteiger partial charge in [-0.25, -0.2) is 0 Å². The lowest BCUT2D eigenvalue weighted by atomic mass is 9.92. The highest BCUT2D eigenvalue weighted by molar-refractivity contribution is 7.80. The number of hydrogen-bond acceptors (Lipinski definition) is 2. The Balaban J connectivity index is 2.11. The molecule has 0 bridgehead atoms. The van der Waals surface area contributed by atoms with Crippen molar-refractivity contribution >= 4 is 23.1 Å². The molecule has 20 heavy (non-hydrogen) atoms. The van der Waals surface area contributed by atoms with E-state index in [1.165, 1.54) is 6.42 Å². The van der Waals surface area contributed by atoms with Crippen LogP contribution < -0.4 is 5.73 Å². The number of carbonyl (C=O) groups excluding carboxylic acids is 1. The standard InChI is InChI=1S/C16H22N2OS/c1-2-12-8-10-18(11-9-12)16(19)14(15(17)20)13-6-4-3-5-7-13/h3-7,12,14H,2,8-11H2,1H3,(H2,17,20). The molecule has 1 fully saturated rings. The molecule has 0 spiro atoms. The Morgan fingerprint density at radius 3 is 2.45 bits per heavy atom. The smallest absolute Gasteiger partial charge is 0.236 e. The molecule has 2 rings (SSSR count). The summed E-state index contributed by atoms with van der Waals surface area (Å²) in [6.45, 7) is 3.86. The first kappa shape index (κ1) is 15.0. The molecule has 1 aromatic rings. The molecular weight excluding hydrogens is 268 g/mol. The molecule has 1 aliphatic rings.